The zero-order chi connectivity index (χ0) is 19.3. The van der Waals surface area contributed by atoms with Gasteiger partial charge < -0.3 is 10.2 Å². The van der Waals surface area contributed by atoms with Gasteiger partial charge in [0.15, 0.2) is 5.82 Å². The van der Waals surface area contributed by atoms with E-state index in [-0.39, 0.29) is 0 Å². The first-order valence-corrected chi connectivity index (χ1v) is 11.4. The van der Waals surface area contributed by atoms with Crippen LogP contribution >= 0.6 is 11.3 Å². The largest absolute Gasteiger partial charge is 0.369 e. The van der Waals surface area contributed by atoms with Gasteiger partial charge in [-0.05, 0) is 57.2 Å². The second kappa shape index (κ2) is 8.97. The van der Waals surface area contributed by atoms with E-state index in [9.17, 15) is 0 Å². The maximum Gasteiger partial charge on any atom is 0.164 e. The fourth-order valence-electron chi connectivity index (χ4n) is 4.06. The molecule has 6 heteroatoms. The fourth-order valence-corrected chi connectivity index (χ4v) is 5.32. The molecule has 148 valence electrons. The third-order valence-electron chi connectivity index (χ3n) is 5.73. The topological polar surface area (TPSA) is 55.1 Å². The minimum Gasteiger partial charge on any atom is -0.369 e. The highest BCUT2D eigenvalue weighted by atomic mass is 32.1. The number of nitrogens with one attached hydrogen (secondary N) is 2. The molecule has 1 aliphatic carbocycles. The van der Waals surface area contributed by atoms with E-state index in [4.69, 9.17) is 9.97 Å². The molecule has 3 aromatic rings. The minimum absolute atomic E-state index is 0.774. The number of hydrogen-bond donors (Lipinski definition) is 2. The predicted molar refractivity (Wildman–Crippen MR) is 117 cm³/mol. The molecule has 0 radical (unpaired) electrons. The van der Waals surface area contributed by atoms with Gasteiger partial charge in [-0.15, -0.1) is 11.3 Å². The standard InChI is InChI=1S/C22H29N5S/c1-3-27(4-2)14-8-13-24-21-19-17-10-5-6-11-18(17)28-22(19)26-20(25-21)16-9-7-12-23-15-16/h7,9,12,15H,3-6,8,10-11,13-14H2,1-2H3,(H,24,25,26)/p+1. The Morgan fingerprint density at radius 3 is 2.79 bits per heavy atom. The van der Waals surface area contributed by atoms with E-state index in [1.165, 1.54) is 54.7 Å². The highest BCUT2D eigenvalue weighted by Gasteiger charge is 2.21. The van der Waals surface area contributed by atoms with Crippen molar-refractivity contribution in [1.82, 2.24) is 15.0 Å². The fraction of sp³-hybridized carbons (Fsp3) is 0.500. The van der Waals surface area contributed by atoms with Crippen molar-refractivity contribution in [2.45, 2.75) is 46.0 Å². The van der Waals surface area contributed by atoms with Crippen LogP contribution in [0.3, 0.4) is 0 Å². The summed E-state index contributed by atoms with van der Waals surface area (Å²) in [4.78, 5) is 18.4. The number of thiophene rings is 1. The maximum atomic E-state index is 4.95. The molecule has 0 amide bonds. The number of quaternary nitrogens is 1. The van der Waals surface area contributed by atoms with Crippen LogP contribution in [0.1, 0.15) is 43.6 Å². The first-order valence-electron chi connectivity index (χ1n) is 10.6. The van der Waals surface area contributed by atoms with Crippen LogP contribution in [0, 0.1) is 0 Å². The molecule has 0 aliphatic heterocycles. The SMILES string of the molecule is CC[NH+](CC)CCCNc1nc(-c2cccnc2)nc2sc3c(c12)CCCC3. The van der Waals surface area contributed by atoms with Gasteiger partial charge in [0, 0.05) is 35.8 Å². The Labute approximate surface area is 171 Å². The van der Waals surface area contributed by atoms with E-state index in [0.29, 0.717) is 0 Å². The molecule has 0 saturated carbocycles. The number of fused-ring (bicyclic) bond motifs is 3. The maximum absolute atomic E-state index is 4.95. The Hall–Kier alpha value is -2.05. The van der Waals surface area contributed by atoms with Gasteiger partial charge in [0.2, 0.25) is 0 Å². The third-order valence-corrected chi connectivity index (χ3v) is 6.92. The summed E-state index contributed by atoms with van der Waals surface area (Å²) < 4.78 is 0. The predicted octanol–water partition coefficient (Wildman–Crippen LogP) is 3.36. The average Bonchev–Trinajstić information content (AvgIpc) is 3.13. The lowest BCUT2D eigenvalue weighted by molar-refractivity contribution is -0.896. The van der Waals surface area contributed by atoms with Gasteiger partial charge in [0.25, 0.3) is 0 Å². The lowest BCUT2D eigenvalue weighted by Crippen LogP contribution is -3.11. The van der Waals surface area contributed by atoms with Crippen LogP contribution in [-0.4, -0.2) is 41.1 Å². The van der Waals surface area contributed by atoms with Crippen LogP contribution in [0.4, 0.5) is 5.82 Å². The van der Waals surface area contributed by atoms with Crippen LogP contribution in [-0.2, 0) is 12.8 Å². The Bertz CT molecular complexity index is 918. The van der Waals surface area contributed by atoms with Gasteiger partial charge in [-0.1, -0.05) is 0 Å². The summed E-state index contributed by atoms with van der Waals surface area (Å²) in [5.74, 6) is 1.79. The van der Waals surface area contributed by atoms with Crippen molar-refractivity contribution < 1.29 is 4.90 Å². The van der Waals surface area contributed by atoms with Crippen LogP contribution in [0.2, 0.25) is 0 Å². The molecule has 1 aliphatic rings. The Kier molecular flexibility index (Phi) is 6.17. The second-order valence-electron chi connectivity index (χ2n) is 7.52. The van der Waals surface area contributed by atoms with Crippen LogP contribution in [0.15, 0.2) is 24.5 Å². The number of aromatic nitrogens is 3. The highest BCUT2D eigenvalue weighted by molar-refractivity contribution is 7.19. The summed E-state index contributed by atoms with van der Waals surface area (Å²) in [6, 6.07) is 3.98. The average molecular weight is 397 g/mol. The molecular formula is C22H30N5S+. The van der Waals surface area contributed by atoms with Gasteiger partial charge >= 0.3 is 0 Å². The minimum atomic E-state index is 0.774. The molecule has 0 bridgehead atoms. The van der Waals surface area contributed by atoms with Crippen molar-refractivity contribution >= 4 is 27.4 Å². The van der Waals surface area contributed by atoms with Gasteiger partial charge in [-0.3, -0.25) is 4.98 Å². The number of nitrogens with zero attached hydrogens (tertiary/aromatic N) is 3. The molecule has 0 fully saturated rings. The summed E-state index contributed by atoms with van der Waals surface area (Å²) in [5.41, 5.74) is 2.47. The lowest BCUT2D eigenvalue weighted by atomic mass is 9.97. The molecule has 5 nitrogen and oxygen atoms in total. The van der Waals surface area contributed by atoms with Crippen LogP contribution in [0.5, 0.6) is 0 Å². The van der Waals surface area contributed by atoms with Crippen LogP contribution in [0.25, 0.3) is 21.6 Å². The number of pyridine rings is 1. The van der Waals surface area contributed by atoms with Crippen molar-refractivity contribution in [3.05, 3.63) is 35.0 Å². The summed E-state index contributed by atoms with van der Waals surface area (Å²) in [6.45, 7) is 9.06. The number of rotatable bonds is 8. The van der Waals surface area contributed by atoms with Gasteiger partial charge in [-0.2, -0.15) is 0 Å². The van der Waals surface area contributed by atoms with Crippen LogP contribution < -0.4 is 10.2 Å². The first kappa shape index (κ1) is 19.3. The zero-order valence-corrected chi connectivity index (χ0v) is 17.7. The van der Waals surface area contributed by atoms with E-state index < -0.39 is 0 Å². The molecule has 0 atom stereocenters. The van der Waals surface area contributed by atoms with Crippen molar-refractivity contribution in [3.8, 4) is 11.4 Å². The molecule has 0 spiro atoms. The van der Waals surface area contributed by atoms with Gasteiger partial charge in [0.05, 0.1) is 25.0 Å². The van der Waals surface area contributed by atoms with Gasteiger partial charge in [0.1, 0.15) is 10.6 Å². The lowest BCUT2D eigenvalue weighted by Gasteiger charge is -2.16. The molecule has 0 unspecified atom stereocenters. The second-order valence-corrected chi connectivity index (χ2v) is 8.60. The summed E-state index contributed by atoms with van der Waals surface area (Å²) in [7, 11) is 0. The number of anilines is 1. The molecule has 0 aromatic carbocycles. The number of aryl methyl sites for hydroxylation is 2. The normalized spacial score (nSPS) is 13.8. The van der Waals surface area contributed by atoms with E-state index in [1.807, 2.05) is 29.7 Å². The van der Waals surface area contributed by atoms with E-state index in [2.05, 4.69) is 24.1 Å². The first-order chi connectivity index (χ1) is 13.8. The van der Waals surface area contributed by atoms with E-state index in [1.54, 1.807) is 11.1 Å². The van der Waals surface area contributed by atoms with Crippen molar-refractivity contribution in [1.29, 1.82) is 0 Å². The smallest absolute Gasteiger partial charge is 0.164 e. The van der Waals surface area contributed by atoms with Crippen molar-refractivity contribution in [2.75, 3.05) is 31.5 Å². The van der Waals surface area contributed by atoms with Crippen molar-refractivity contribution in [3.63, 3.8) is 0 Å². The third kappa shape index (κ3) is 4.03. The Balaban J connectivity index is 1.65. The Morgan fingerprint density at radius 1 is 1.14 bits per heavy atom. The zero-order valence-electron chi connectivity index (χ0n) is 16.9. The summed E-state index contributed by atoms with van der Waals surface area (Å²) >= 11 is 1.86. The summed E-state index contributed by atoms with van der Waals surface area (Å²) in [6.07, 6.45) is 9.69. The molecule has 0 saturated heterocycles. The van der Waals surface area contributed by atoms with Gasteiger partial charge in [-0.25, -0.2) is 9.97 Å². The van der Waals surface area contributed by atoms with Crippen molar-refractivity contribution in [2.24, 2.45) is 0 Å². The number of hydrogen-bond acceptors (Lipinski definition) is 5. The molecule has 3 heterocycles. The monoisotopic (exact) mass is 396 g/mol. The van der Waals surface area contributed by atoms with E-state index in [0.717, 1.165) is 41.4 Å². The van der Waals surface area contributed by atoms with E-state index >= 15 is 0 Å². The molecule has 2 N–H and O–H groups in total. The molecule has 4 rings (SSSR count). The molecule has 3 aromatic heterocycles. The Morgan fingerprint density at radius 2 is 2.00 bits per heavy atom. The summed E-state index contributed by atoms with van der Waals surface area (Å²) in [5, 5.41) is 4.93. The molecule has 28 heavy (non-hydrogen) atoms. The highest BCUT2D eigenvalue weighted by Crippen LogP contribution is 2.39. The molecular weight excluding hydrogens is 366 g/mol. The quantitative estimate of drug-likeness (QED) is 0.573.